The van der Waals surface area contributed by atoms with Crippen LogP contribution < -0.4 is 5.73 Å². The molecule has 3 aromatic rings. The quantitative estimate of drug-likeness (QED) is 0.420. The molecule has 0 saturated heterocycles. The van der Waals surface area contributed by atoms with Gasteiger partial charge in [-0.15, -0.1) is 0 Å². The van der Waals surface area contributed by atoms with Crippen LogP contribution in [0.15, 0.2) is 78.9 Å². The number of ether oxygens (including phenoxy) is 1. The molecule has 0 aromatic heterocycles. The summed E-state index contributed by atoms with van der Waals surface area (Å²) in [6.07, 6.45) is -9.81. The van der Waals surface area contributed by atoms with Gasteiger partial charge in [-0.3, -0.25) is 0 Å². The van der Waals surface area contributed by atoms with Crippen LogP contribution in [-0.4, -0.2) is 12.6 Å². The van der Waals surface area contributed by atoms with Crippen molar-refractivity contribution in [3.8, 4) is 0 Å². The highest BCUT2D eigenvalue weighted by molar-refractivity contribution is 5.35. The van der Waals surface area contributed by atoms with Crippen LogP contribution in [0.25, 0.3) is 0 Å². The summed E-state index contributed by atoms with van der Waals surface area (Å²) in [5, 5.41) is 0. The average molecular weight is 453 g/mol. The predicted molar refractivity (Wildman–Crippen MR) is 109 cm³/mol. The molecule has 8 heteroatoms. The summed E-state index contributed by atoms with van der Waals surface area (Å²) in [5.74, 6) is -0.260. The van der Waals surface area contributed by atoms with Crippen molar-refractivity contribution in [2.45, 2.75) is 30.9 Å². The molecule has 170 valence electrons. The molecular formula is C24H21F6NO. The van der Waals surface area contributed by atoms with Gasteiger partial charge in [0.1, 0.15) is 0 Å². The highest BCUT2D eigenvalue weighted by atomic mass is 19.4. The van der Waals surface area contributed by atoms with Crippen molar-refractivity contribution in [3.63, 3.8) is 0 Å². The zero-order valence-electron chi connectivity index (χ0n) is 16.8. The SMILES string of the molecule is N[C@H](COCc1cc(C(F)(F)F)cc(C(F)(F)F)c1)C(c1ccccc1)c1ccccc1. The van der Waals surface area contributed by atoms with Crippen LogP contribution in [0.4, 0.5) is 26.3 Å². The molecule has 0 aliphatic rings. The lowest BCUT2D eigenvalue weighted by Gasteiger charge is -2.25. The summed E-state index contributed by atoms with van der Waals surface area (Å²) in [5.41, 5.74) is 5.23. The van der Waals surface area contributed by atoms with Crippen LogP contribution in [0, 0.1) is 0 Å². The Morgan fingerprint density at radius 1 is 0.688 bits per heavy atom. The van der Waals surface area contributed by atoms with E-state index in [4.69, 9.17) is 10.5 Å². The third-order valence-corrected chi connectivity index (χ3v) is 4.97. The van der Waals surface area contributed by atoms with Gasteiger partial charge < -0.3 is 10.5 Å². The normalized spacial score (nSPS) is 13.4. The molecule has 0 spiro atoms. The first kappa shape index (κ1) is 23.8. The minimum Gasteiger partial charge on any atom is -0.375 e. The Morgan fingerprint density at radius 2 is 1.12 bits per heavy atom. The van der Waals surface area contributed by atoms with E-state index >= 15 is 0 Å². The second-order valence-electron chi connectivity index (χ2n) is 7.39. The van der Waals surface area contributed by atoms with Gasteiger partial charge in [0, 0.05) is 12.0 Å². The molecule has 0 radical (unpaired) electrons. The maximum Gasteiger partial charge on any atom is 0.416 e. The Bertz CT molecular complexity index is 931. The molecule has 0 fully saturated rings. The van der Waals surface area contributed by atoms with E-state index in [0.717, 1.165) is 11.1 Å². The van der Waals surface area contributed by atoms with Gasteiger partial charge in [-0.25, -0.2) is 0 Å². The van der Waals surface area contributed by atoms with E-state index in [1.807, 2.05) is 60.7 Å². The molecule has 0 aliphatic heterocycles. The van der Waals surface area contributed by atoms with Crippen LogP contribution in [0.3, 0.4) is 0 Å². The second-order valence-corrected chi connectivity index (χ2v) is 7.39. The maximum atomic E-state index is 13.0. The summed E-state index contributed by atoms with van der Waals surface area (Å²) in [7, 11) is 0. The highest BCUT2D eigenvalue weighted by Crippen LogP contribution is 2.36. The van der Waals surface area contributed by atoms with E-state index in [-0.39, 0.29) is 24.2 Å². The summed E-state index contributed by atoms with van der Waals surface area (Å²) in [6, 6.07) is 19.6. The Morgan fingerprint density at radius 3 is 1.53 bits per heavy atom. The Hall–Kier alpha value is -2.84. The molecule has 1 atom stereocenters. The minimum absolute atomic E-state index is 0.0634. The summed E-state index contributed by atoms with van der Waals surface area (Å²) in [6.45, 7) is -0.497. The van der Waals surface area contributed by atoms with Gasteiger partial charge in [-0.05, 0) is 34.9 Å². The molecule has 0 saturated carbocycles. The third-order valence-electron chi connectivity index (χ3n) is 4.97. The van der Waals surface area contributed by atoms with Crippen molar-refractivity contribution in [1.82, 2.24) is 0 Å². The van der Waals surface area contributed by atoms with Crippen molar-refractivity contribution in [2.24, 2.45) is 5.73 Å². The number of hydrogen-bond donors (Lipinski definition) is 1. The zero-order valence-corrected chi connectivity index (χ0v) is 16.8. The van der Waals surface area contributed by atoms with Gasteiger partial charge in [0.05, 0.1) is 24.3 Å². The Labute approximate surface area is 181 Å². The summed E-state index contributed by atoms with van der Waals surface area (Å²) >= 11 is 0. The van der Waals surface area contributed by atoms with Crippen LogP contribution >= 0.6 is 0 Å². The number of benzene rings is 3. The van der Waals surface area contributed by atoms with Crippen molar-refractivity contribution >= 4 is 0 Å². The van der Waals surface area contributed by atoms with Crippen LogP contribution in [0.1, 0.15) is 33.7 Å². The average Bonchev–Trinajstić information content (AvgIpc) is 2.74. The fourth-order valence-electron chi connectivity index (χ4n) is 3.52. The fraction of sp³-hybridized carbons (Fsp3) is 0.250. The van der Waals surface area contributed by atoms with Crippen molar-refractivity contribution < 1.29 is 31.1 Å². The van der Waals surface area contributed by atoms with Gasteiger partial charge in [0.15, 0.2) is 0 Å². The molecule has 0 bridgehead atoms. The molecule has 2 N–H and O–H groups in total. The Kier molecular flexibility index (Phi) is 7.26. The smallest absolute Gasteiger partial charge is 0.375 e. The molecule has 32 heavy (non-hydrogen) atoms. The number of alkyl halides is 6. The van der Waals surface area contributed by atoms with Crippen LogP contribution in [-0.2, 0) is 23.7 Å². The monoisotopic (exact) mass is 453 g/mol. The first-order valence-corrected chi connectivity index (χ1v) is 9.77. The molecule has 3 rings (SSSR count). The van der Waals surface area contributed by atoms with Gasteiger partial charge in [0.25, 0.3) is 0 Å². The van der Waals surface area contributed by atoms with E-state index in [2.05, 4.69) is 0 Å². The van der Waals surface area contributed by atoms with Crippen LogP contribution in [0.2, 0.25) is 0 Å². The number of halogens is 6. The largest absolute Gasteiger partial charge is 0.416 e. The number of nitrogens with two attached hydrogens (primary N) is 1. The van der Waals surface area contributed by atoms with E-state index in [1.54, 1.807) is 0 Å². The van der Waals surface area contributed by atoms with E-state index < -0.39 is 36.1 Å². The number of hydrogen-bond acceptors (Lipinski definition) is 2. The van der Waals surface area contributed by atoms with Gasteiger partial charge in [0.2, 0.25) is 0 Å². The Balaban J connectivity index is 1.77. The van der Waals surface area contributed by atoms with Crippen molar-refractivity contribution in [3.05, 3.63) is 107 Å². The predicted octanol–water partition coefficient (Wildman–Crippen LogP) is 6.40. The lowest BCUT2D eigenvalue weighted by Crippen LogP contribution is -2.34. The summed E-state index contributed by atoms with van der Waals surface area (Å²) in [4.78, 5) is 0. The van der Waals surface area contributed by atoms with E-state index in [0.29, 0.717) is 12.1 Å². The standard InChI is InChI=1S/C24H21F6NO/c25-23(26,27)19-11-16(12-20(13-19)24(28,29)30)14-32-15-21(31)22(17-7-3-1-4-8-17)18-9-5-2-6-10-18/h1-13,21-22H,14-15,31H2/t21-/m1/s1. The summed E-state index contributed by atoms with van der Waals surface area (Å²) < 4.78 is 83.7. The zero-order chi connectivity index (χ0) is 23.4. The van der Waals surface area contributed by atoms with Gasteiger partial charge >= 0.3 is 12.4 Å². The number of rotatable bonds is 7. The molecule has 0 unspecified atom stereocenters. The van der Waals surface area contributed by atoms with Gasteiger partial charge in [-0.1, -0.05) is 60.7 Å². The molecular weight excluding hydrogens is 432 g/mol. The first-order chi connectivity index (χ1) is 15.1. The van der Waals surface area contributed by atoms with E-state index in [1.165, 1.54) is 0 Å². The molecule has 3 aromatic carbocycles. The molecule has 0 aliphatic carbocycles. The van der Waals surface area contributed by atoms with E-state index in [9.17, 15) is 26.3 Å². The van der Waals surface area contributed by atoms with Crippen molar-refractivity contribution in [1.29, 1.82) is 0 Å². The molecule has 0 heterocycles. The fourth-order valence-corrected chi connectivity index (χ4v) is 3.52. The first-order valence-electron chi connectivity index (χ1n) is 9.77. The lowest BCUT2D eigenvalue weighted by atomic mass is 9.86. The maximum absolute atomic E-state index is 13.0. The lowest BCUT2D eigenvalue weighted by molar-refractivity contribution is -0.143. The third kappa shape index (κ3) is 6.11. The van der Waals surface area contributed by atoms with Crippen molar-refractivity contribution in [2.75, 3.05) is 6.61 Å². The molecule has 2 nitrogen and oxygen atoms in total. The molecule has 0 amide bonds. The van der Waals surface area contributed by atoms with Crippen LogP contribution in [0.5, 0.6) is 0 Å². The topological polar surface area (TPSA) is 35.2 Å². The second kappa shape index (κ2) is 9.75. The van der Waals surface area contributed by atoms with Gasteiger partial charge in [-0.2, -0.15) is 26.3 Å². The highest BCUT2D eigenvalue weighted by Gasteiger charge is 2.36. The minimum atomic E-state index is -4.90.